The van der Waals surface area contributed by atoms with Crippen LogP contribution in [0.15, 0.2) is 46.1 Å². The van der Waals surface area contributed by atoms with Gasteiger partial charge in [-0.25, -0.2) is 22.2 Å². The number of nitrogens with two attached hydrogens (primary N) is 1. The summed E-state index contributed by atoms with van der Waals surface area (Å²) in [5, 5.41) is -0.223. The van der Waals surface area contributed by atoms with Crippen molar-refractivity contribution in [2.75, 3.05) is 6.26 Å². The fraction of sp³-hybridized carbons (Fsp3) is 0.263. The van der Waals surface area contributed by atoms with Crippen LogP contribution in [0.1, 0.15) is 24.7 Å². The lowest BCUT2D eigenvalue weighted by Crippen LogP contribution is -2.31. The SMILES string of the molecule is CS(=O)(=O)c1cccc2nc([C@@H](N)C3CC3)n(-c3c(F)cccc3F)c(=O)c12. The fourth-order valence-electron chi connectivity index (χ4n) is 3.33. The van der Waals surface area contributed by atoms with Crippen molar-refractivity contribution in [3.05, 3.63) is 64.2 Å². The predicted octanol–water partition coefficient (Wildman–Crippen LogP) is 2.48. The van der Waals surface area contributed by atoms with Crippen LogP contribution in [0.5, 0.6) is 0 Å². The summed E-state index contributed by atoms with van der Waals surface area (Å²) in [6.45, 7) is 0. The van der Waals surface area contributed by atoms with Gasteiger partial charge in [-0.1, -0.05) is 12.1 Å². The number of rotatable bonds is 4. The zero-order valence-corrected chi connectivity index (χ0v) is 15.7. The van der Waals surface area contributed by atoms with E-state index in [-0.39, 0.29) is 27.5 Å². The van der Waals surface area contributed by atoms with E-state index in [4.69, 9.17) is 5.73 Å². The minimum absolute atomic E-state index is 0.00894. The average molecular weight is 405 g/mol. The standard InChI is InChI=1S/C19H17F2N3O3S/c1-28(26,27)14-7-3-6-13-15(14)19(25)24(17-11(20)4-2-5-12(17)21)18(23-13)16(22)10-8-9-10/h2-7,10,16H,8-9,22H2,1H3/t16-/m0/s1. The number of benzene rings is 2. The maximum Gasteiger partial charge on any atom is 0.267 e. The first-order chi connectivity index (χ1) is 13.2. The molecule has 6 nitrogen and oxygen atoms in total. The predicted molar refractivity (Wildman–Crippen MR) is 100 cm³/mol. The molecular weight excluding hydrogens is 388 g/mol. The number of para-hydroxylation sites is 1. The highest BCUT2D eigenvalue weighted by Gasteiger charge is 2.34. The Balaban J connectivity index is 2.19. The van der Waals surface area contributed by atoms with Gasteiger partial charge in [0.1, 0.15) is 23.1 Å². The van der Waals surface area contributed by atoms with Crippen molar-refractivity contribution in [1.29, 1.82) is 0 Å². The van der Waals surface area contributed by atoms with Gasteiger partial charge in [0.15, 0.2) is 9.84 Å². The van der Waals surface area contributed by atoms with Gasteiger partial charge in [0.2, 0.25) is 0 Å². The minimum atomic E-state index is -3.78. The van der Waals surface area contributed by atoms with E-state index in [0.29, 0.717) is 0 Å². The van der Waals surface area contributed by atoms with Gasteiger partial charge < -0.3 is 5.73 Å². The maximum atomic E-state index is 14.5. The lowest BCUT2D eigenvalue weighted by atomic mass is 10.1. The summed E-state index contributed by atoms with van der Waals surface area (Å²) in [6.07, 6.45) is 2.59. The third-order valence-corrected chi connectivity index (χ3v) is 6.01. The van der Waals surface area contributed by atoms with E-state index in [1.807, 2.05) is 0 Å². The van der Waals surface area contributed by atoms with Gasteiger partial charge >= 0.3 is 0 Å². The molecule has 0 saturated heterocycles. The van der Waals surface area contributed by atoms with E-state index in [2.05, 4.69) is 4.98 Å². The Morgan fingerprint density at radius 1 is 1.14 bits per heavy atom. The Morgan fingerprint density at radius 2 is 1.75 bits per heavy atom. The second kappa shape index (κ2) is 6.46. The van der Waals surface area contributed by atoms with Crippen LogP contribution in [0.25, 0.3) is 16.6 Å². The van der Waals surface area contributed by atoms with Crippen LogP contribution in [0, 0.1) is 17.6 Å². The quantitative estimate of drug-likeness (QED) is 0.720. The van der Waals surface area contributed by atoms with Crippen LogP contribution in [0.3, 0.4) is 0 Å². The van der Waals surface area contributed by atoms with Crippen LogP contribution in [0.4, 0.5) is 8.78 Å². The fourth-order valence-corrected chi connectivity index (χ4v) is 4.22. The third kappa shape index (κ3) is 3.00. The number of halogens is 2. The lowest BCUT2D eigenvalue weighted by Gasteiger charge is -2.19. The zero-order chi connectivity index (χ0) is 20.2. The molecule has 1 saturated carbocycles. The molecule has 4 rings (SSSR count). The van der Waals surface area contributed by atoms with Crippen molar-refractivity contribution in [3.8, 4) is 5.69 Å². The van der Waals surface area contributed by atoms with E-state index in [1.165, 1.54) is 24.3 Å². The Morgan fingerprint density at radius 3 is 2.32 bits per heavy atom. The first-order valence-corrected chi connectivity index (χ1v) is 10.5. The molecule has 0 amide bonds. The Bertz CT molecular complexity index is 1250. The minimum Gasteiger partial charge on any atom is -0.321 e. The van der Waals surface area contributed by atoms with Gasteiger partial charge in [0.25, 0.3) is 5.56 Å². The van der Waals surface area contributed by atoms with E-state index in [9.17, 15) is 22.0 Å². The third-order valence-electron chi connectivity index (χ3n) is 4.87. The number of nitrogens with zero attached hydrogens (tertiary/aromatic N) is 2. The molecule has 0 radical (unpaired) electrons. The molecule has 9 heteroatoms. The number of hydrogen-bond acceptors (Lipinski definition) is 5. The zero-order valence-electron chi connectivity index (χ0n) is 14.9. The normalized spacial score (nSPS) is 15.7. The molecule has 1 fully saturated rings. The van der Waals surface area contributed by atoms with E-state index < -0.39 is 38.8 Å². The molecule has 28 heavy (non-hydrogen) atoms. The van der Waals surface area contributed by atoms with Crippen molar-refractivity contribution in [2.24, 2.45) is 11.7 Å². The number of aromatic nitrogens is 2. The first kappa shape index (κ1) is 18.7. The smallest absolute Gasteiger partial charge is 0.267 e. The Hall–Kier alpha value is -2.65. The molecule has 1 aliphatic carbocycles. The molecule has 2 N–H and O–H groups in total. The van der Waals surface area contributed by atoms with Crippen molar-refractivity contribution in [3.63, 3.8) is 0 Å². The highest BCUT2D eigenvalue weighted by atomic mass is 32.2. The van der Waals surface area contributed by atoms with Crippen molar-refractivity contribution < 1.29 is 17.2 Å². The molecule has 1 aliphatic rings. The molecule has 0 spiro atoms. The molecule has 0 aliphatic heterocycles. The largest absolute Gasteiger partial charge is 0.321 e. The number of fused-ring (bicyclic) bond motifs is 1. The summed E-state index contributed by atoms with van der Waals surface area (Å²) in [5.41, 5.74) is 4.87. The van der Waals surface area contributed by atoms with Crippen molar-refractivity contribution in [2.45, 2.75) is 23.8 Å². The monoisotopic (exact) mass is 405 g/mol. The van der Waals surface area contributed by atoms with E-state index in [1.54, 1.807) is 0 Å². The second-order valence-corrected chi connectivity index (χ2v) is 8.95. The summed E-state index contributed by atoms with van der Waals surface area (Å²) in [7, 11) is -3.78. The van der Waals surface area contributed by atoms with Crippen LogP contribution in [0.2, 0.25) is 0 Å². The molecule has 1 atom stereocenters. The Labute approximate surface area is 159 Å². The van der Waals surface area contributed by atoms with Crippen LogP contribution in [-0.4, -0.2) is 24.2 Å². The summed E-state index contributed by atoms with van der Waals surface area (Å²) < 4.78 is 54.2. The highest BCUT2D eigenvalue weighted by molar-refractivity contribution is 7.91. The van der Waals surface area contributed by atoms with E-state index >= 15 is 0 Å². The summed E-state index contributed by atoms with van der Waals surface area (Å²) in [4.78, 5) is 17.5. The molecular formula is C19H17F2N3O3S. The Kier molecular flexibility index (Phi) is 4.31. The van der Waals surface area contributed by atoms with Crippen LogP contribution >= 0.6 is 0 Å². The van der Waals surface area contributed by atoms with Gasteiger partial charge in [-0.2, -0.15) is 0 Å². The van der Waals surface area contributed by atoms with Gasteiger partial charge in [0.05, 0.1) is 21.8 Å². The van der Waals surface area contributed by atoms with Gasteiger partial charge in [-0.15, -0.1) is 0 Å². The maximum absolute atomic E-state index is 14.5. The van der Waals surface area contributed by atoms with Crippen LogP contribution in [-0.2, 0) is 9.84 Å². The molecule has 0 unspecified atom stereocenters. The van der Waals surface area contributed by atoms with Crippen LogP contribution < -0.4 is 11.3 Å². The number of sulfone groups is 1. The van der Waals surface area contributed by atoms with Crippen molar-refractivity contribution in [1.82, 2.24) is 9.55 Å². The molecule has 3 aromatic rings. The molecule has 1 aromatic heterocycles. The summed E-state index contributed by atoms with van der Waals surface area (Å²) >= 11 is 0. The summed E-state index contributed by atoms with van der Waals surface area (Å²) in [6, 6.07) is 6.72. The van der Waals surface area contributed by atoms with Gasteiger partial charge in [0, 0.05) is 6.26 Å². The van der Waals surface area contributed by atoms with Gasteiger partial charge in [-0.05, 0) is 43.0 Å². The van der Waals surface area contributed by atoms with E-state index in [0.717, 1.165) is 35.8 Å². The second-order valence-electron chi connectivity index (χ2n) is 6.97. The average Bonchev–Trinajstić information content (AvgIpc) is 3.46. The first-order valence-electron chi connectivity index (χ1n) is 8.66. The van der Waals surface area contributed by atoms with Crippen molar-refractivity contribution >= 4 is 20.7 Å². The highest BCUT2D eigenvalue weighted by Crippen LogP contribution is 2.39. The molecule has 2 aromatic carbocycles. The number of hydrogen-bond donors (Lipinski definition) is 1. The molecule has 146 valence electrons. The topological polar surface area (TPSA) is 95.0 Å². The molecule has 1 heterocycles. The summed E-state index contributed by atoms with van der Waals surface area (Å²) in [5.74, 6) is -1.88. The lowest BCUT2D eigenvalue weighted by molar-refractivity contribution is 0.534. The van der Waals surface area contributed by atoms with Gasteiger partial charge in [-0.3, -0.25) is 9.36 Å². The molecule has 0 bridgehead atoms.